The molecule has 0 radical (unpaired) electrons. The van der Waals surface area contributed by atoms with Gasteiger partial charge in [0.2, 0.25) is 0 Å². The number of piperidine rings is 1. The van der Waals surface area contributed by atoms with Crippen molar-refractivity contribution in [2.45, 2.75) is 31.4 Å². The number of aliphatic hydroxyl groups excluding tert-OH is 1. The highest BCUT2D eigenvalue weighted by Crippen LogP contribution is 2.19. The third kappa shape index (κ3) is 4.30. The third-order valence-electron chi connectivity index (χ3n) is 4.25. The Morgan fingerprint density at radius 1 is 1.26 bits per heavy atom. The number of rotatable bonds is 5. The van der Waals surface area contributed by atoms with Crippen molar-refractivity contribution in [2.24, 2.45) is 0 Å². The van der Waals surface area contributed by atoms with Gasteiger partial charge in [0, 0.05) is 12.6 Å². The molecule has 0 spiro atoms. The van der Waals surface area contributed by atoms with Crippen LogP contribution < -0.4 is 0 Å². The Labute approximate surface area is 116 Å². The molecule has 0 bridgehead atoms. The van der Waals surface area contributed by atoms with Gasteiger partial charge in [0.05, 0.1) is 6.10 Å². The van der Waals surface area contributed by atoms with Crippen LogP contribution in [-0.4, -0.2) is 54.7 Å². The highest BCUT2D eigenvalue weighted by molar-refractivity contribution is 5.17. The van der Waals surface area contributed by atoms with Gasteiger partial charge in [0.25, 0.3) is 0 Å². The Balaban J connectivity index is 1.75. The van der Waals surface area contributed by atoms with E-state index in [9.17, 15) is 5.11 Å². The maximum atomic E-state index is 10.2. The molecule has 1 aromatic carbocycles. The first kappa shape index (κ1) is 14.5. The van der Waals surface area contributed by atoms with E-state index in [0.29, 0.717) is 6.04 Å². The lowest BCUT2D eigenvalue weighted by Gasteiger charge is -2.35. The molecule has 1 saturated heterocycles. The van der Waals surface area contributed by atoms with Gasteiger partial charge in [-0.05, 0) is 52.0 Å². The van der Waals surface area contributed by atoms with Crippen LogP contribution in [0, 0.1) is 0 Å². The summed E-state index contributed by atoms with van der Waals surface area (Å²) in [6.45, 7) is 3.34. The topological polar surface area (TPSA) is 26.7 Å². The average molecular weight is 262 g/mol. The maximum Gasteiger partial charge on any atom is 0.0802 e. The molecule has 0 aromatic heterocycles. The minimum atomic E-state index is -0.338. The second-order valence-corrected chi connectivity index (χ2v) is 5.73. The van der Waals surface area contributed by atoms with Crippen LogP contribution in [0.1, 0.15) is 30.9 Å². The van der Waals surface area contributed by atoms with Crippen LogP contribution in [0.4, 0.5) is 0 Å². The first-order valence-corrected chi connectivity index (χ1v) is 7.28. The SMILES string of the molecule is CN1CCC(N(C)CCC(O)c2ccccc2)CC1. The average Bonchev–Trinajstić information content (AvgIpc) is 2.46. The summed E-state index contributed by atoms with van der Waals surface area (Å²) < 4.78 is 0. The molecule has 1 heterocycles. The molecule has 1 aliphatic heterocycles. The van der Waals surface area contributed by atoms with Crippen LogP contribution in [0.3, 0.4) is 0 Å². The van der Waals surface area contributed by atoms with E-state index in [1.807, 2.05) is 30.3 Å². The molecule has 2 rings (SSSR count). The third-order valence-corrected chi connectivity index (χ3v) is 4.25. The normalized spacial score (nSPS) is 19.8. The molecule has 1 unspecified atom stereocenters. The summed E-state index contributed by atoms with van der Waals surface area (Å²) >= 11 is 0. The number of hydrogen-bond donors (Lipinski definition) is 1. The Kier molecular flexibility index (Phi) is 5.37. The summed E-state index contributed by atoms with van der Waals surface area (Å²) in [6, 6.07) is 10.6. The molecule has 1 aromatic rings. The van der Waals surface area contributed by atoms with Crippen LogP contribution >= 0.6 is 0 Å². The molecule has 106 valence electrons. The fourth-order valence-corrected chi connectivity index (χ4v) is 2.79. The standard InChI is InChI=1S/C16H26N2O/c1-17-11-8-15(9-12-17)18(2)13-10-16(19)14-6-4-3-5-7-14/h3-7,15-16,19H,8-13H2,1-2H3. The lowest BCUT2D eigenvalue weighted by molar-refractivity contribution is 0.110. The predicted molar refractivity (Wildman–Crippen MR) is 79.2 cm³/mol. The molecule has 0 saturated carbocycles. The van der Waals surface area contributed by atoms with Gasteiger partial charge in [-0.3, -0.25) is 0 Å². The number of benzene rings is 1. The smallest absolute Gasteiger partial charge is 0.0802 e. The van der Waals surface area contributed by atoms with Crippen molar-refractivity contribution < 1.29 is 5.11 Å². The number of likely N-dealkylation sites (tertiary alicyclic amines) is 1. The van der Waals surface area contributed by atoms with Crippen molar-refractivity contribution in [3.8, 4) is 0 Å². The number of aliphatic hydroxyl groups is 1. The molecular weight excluding hydrogens is 236 g/mol. The highest BCUT2D eigenvalue weighted by Gasteiger charge is 2.20. The molecule has 0 amide bonds. The van der Waals surface area contributed by atoms with E-state index in [1.54, 1.807) is 0 Å². The highest BCUT2D eigenvalue weighted by atomic mass is 16.3. The molecule has 1 aliphatic rings. The lowest BCUT2D eigenvalue weighted by Crippen LogP contribution is -2.42. The Hall–Kier alpha value is -0.900. The van der Waals surface area contributed by atoms with Gasteiger partial charge in [-0.2, -0.15) is 0 Å². The Morgan fingerprint density at radius 2 is 1.89 bits per heavy atom. The largest absolute Gasteiger partial charge is 0.388 e. The first-order chi connectivity index (χ1) is 9.16. The van der Waals surface area contributed by atoms with Crippen molar-refractivity contribution >= 4 is 0 Å². The van der Waals surface area contributed by atoms with Gasteiger partial charge in [-0.25, -0.2) is 0 Å². The zero-order chi connectivity index (χ0) is 13.7. The molecule has 19 heavy (non-hydrogen) atoms. The summed E-state index contributed by atoms with van der Waals surface area (Å²) in [5.74, 6) is 0. The second-order valence-electron chi connectivity index (χ2n) is 5.73. The Bertz CT molecular complexity index is 360. The van der Waals surface area contributed by atoms with E-state index in [-0.39, 0.29) is 6.10 Å². The van der Waals surface area contributed by atoms with Gasteiger partial charge in [-0.15, -0.1) is 0 Å². The van der Waals surface area contributed by atoms with Gasteiger partial charge in [0.1, 0.15) is 0 Å². The van der Waals surface area contributed by atoms with Gasteiger partial charge < -0.3 is 14.9 Å². The van der Waals surface area contributed by atoms with E-state index in [4.69, 9.17) is 0 Å². The van der Waals surface area contributed by atoms with E-state index in [0.717, 1.165) is 18.5 Å². The van der Waals surface area contributed by atoms with Crippen LogP contribution in [0.25, 0.3) is 0 Å². The van der Waals surface area contributed by atoms with E-state index in [2.05, 4.69) is 23.9 Å². The number of nitrogens with zero attached hydrogens (tertiary/aromatic N) is 2. The van der Waals surface area contributed by atoms with Crippen molar-refractivity contribution in [3.05, 3.63) is 35.9 Å². The molecule has 1 atom stereocenters. The molecule has 3 heteroatoms. The summed E-state index contributed by atoms with van der Waals surface area (Å²) in [5.41, 5.74) is 1.03. The van der Waals surface area contributed by atoms with Crippen molar-refractivity contribution in [1.29, 1.82) is 0 Å². The van der Waals surface area contributed by atoms with Gasteiger partial charge in [0.15, 0.2) is 0 Å². The molecule has 1 N–H and O–H groups in total. The first-order valence-electron chi connectivity index (χ1n) is 7.28. The minimum Gasteiger partial charge on any atom is -0.388 e. The monoisotopic (exact) mass is 262 g/mol. The fourth-order valence-electron chi connectivity index (χ4n) is 2.79. The van der Waals surface area contributed by atoms with Crippen molar-refractivity contribution in [1.82, 2.24) is 9.80 Å². The van der Waals surface area contributed by atoms with Gasteiger partial charge in [-0.1, -0.05) is 30.3 Å². The van der Waals surface area contributed by atoms with Crippen LogP contribution in [0.15, 0.2) is 30.3 Å². The second kappa shape index (κ2) is 7.04. The zero-order valence-electron chi connectivity index (χ0n) is 12.1. The fraction of sp³-hybridized carbons (Fsp3) is 0.625. The van der Waals surface area contributed by atoms with E-state index >= 15 is 0 Å². The van der Waals surface area contributed by atoms with Crippen molar-refractivity contribution in [2.75, 3.05) is 33.7 Å². The molecule has 3 nitrogen and oxygen atoms in total. The minimum absolute atomic E-state index is 0.338. The predicted octanol–water partition coefficient (Wildman–Crippen LogP) is 2.14. The van der Waals surface area contributed by atoms with E-state index in [1.165, 1.54) is 25.9 Å². The van der Waals surface area contributed by atoms with E-state index < -0.39 is 0 Å². The number of hydrogen-bond acceptors (Lipinski definition) is 3. The van der Waals surface area contributed by atoms with Crippen molar-refractivity contribution in [3.63, 3.8) is 0 Å². The summed E-state index contributed by atoms with van der Waals surface area (Å²) in [7, 11) is 4.38. The zero-order valence-corrected chi connectivity index (χ0v) is 12.1. The molecule has 1 fully saturated rings. The summed E-state index contributed by atoms with van der Waals surface area (Å²) in [4.78, 5) is 4.81. The van der Waals surface area contributed by atoms with Crippen LogP contribution in [0.2, 0.25) is 0 Å². The summed E-state index contributed by atoms with van der Waals surface area (Å²) in [5, 5.41) is 10.2. The molecular formula is C16H26N2O. The molecule has 0 aliphatic carbocycles. The Morgan fingerprint density at radius 3 is 2.53 bits per heavy atom. The van der Waals surface area contributed by atoms with Crippen LogP contribution in [0.5, 0.6) is 0 Å². The van der Waals surface area contributed by atoms with Crippen LogP contribution in [-0.2, 0) is 0 Å². The lowest BCUT2D eigenvalue weighted by atomic mass is 10.0. The quantitative estimate of drug-likeness (QED) is 0.880. The van der Waals surface area contributed by atoms with Gasteiger partial charge >= 0.3 is 0 Å². The maximum absolute atomic E-state index is 10.2. The summed E-state index contributed by atoms with van der Waals surface area (Å²) in [6.07, 6.45) is 2.96.